The fourth-order valence-electron chi connectivity index (χ4n) is 9.34. The maximum absolute atomic E-state index is 14.2. The highest BCUT2D eigenvalue weighted by atomic mass is 35.5. The number of carbonyl (C=O) groups excluding carboxylic acids is 6. The van der Waals surface area contributed by atoms with E-state index in [0.29, 0.717) is 60.3 Å². The van der Waals surface area contributed by atoms with E-state index in [9.17, 15) is 28.8 Å². The Morgan fingerprint density at radius 1 is 0.903 bits per heavy atom. The van der Waals surface area contributed by atoms with Gasteiger partial charge >= 0.3 is 0 Å². The number of ether oxygens (including phenoxy) is 1. The molecule has 328 valence electrons. The molecule has 1 unspecified atom stereocenters. The van der Waals surface area contributed by atoms with Crippen molar-refractivity contribution in [1.82, 2.24) is 35.7 Å². The number of nitrogens with one attached hydrogen (secondary N) is 4. The minimum absolute atomic E-state index is 0.0176. The monoisotopic (exact) mass is 867 g/mol. The lowest BCUT2D eigenvalue weighted by Gasteiger charge is -2.38. The van der Waals surface area contributed by atoms with Crippen molar-refractivity contribution in [3.8, 4) is 5.75 Å². The molecule has 4 N–H and O–H groups in total. The molecule has 2 saturated heterocycles. The number of aromatic nitrogens is 2. The van der Waals surface area contributed by atoms with E-state index in [2.05, 4.69) is 36.1 Å². The summed E-state index contributed by atoms with van der Waals surface area (Å²) in [4.78, 5) is 90.8. The number of amides is 6. The Balaban J connectivity index is 0.721. The van der Waals surface area contributed by atoms with Crippen molar-refractivity contribution in [2.24, 2.45) is 0 Å². The summed E-state index contributed by atoms with van der Waals surface area (Å²) in [6, 6.07) is 12.2. The van der Waals surface area contributed by atoms with Crippen LogP contribution in [0.3, 0.4) is 0 Å². The Labute approximate surface area is 365 Å². The summed E-state index contributed by atoms with van der Waals surface area (Å²) in [7, 11) is 0. The van der Waals surface area contributed by atoms with E-state index in [1.807, 2.05) is 36.1 Å². The summed E-state index contributed by atoms with van der Waals surface area (Å²) in [6.07, 6.45) is 9.23. The lowest BCUT2D eigenvalue weighted by molar-refractivity contribution is -0.137. The van der Waals surface area contributed by atoms with Crippen molar-refractivity contribution < 1.29 is 33.5 Å². The van der Waals surface area contributed by atoms with Gasteiger partial charge in [0.25, 0.3) is 11.8 Å². The van der Waals surface area contributed by atoms with Gasteiger partial charge in [0.05, 0.1) is 24.5 Å². The maximum atomic E-state index is 14.2. The second-order valence-corrected chi connectivity index (χ2v) is 17.4. The molecule has 1 aromatic heterocycles. The van der Waals surface area contributed by atoms with Crippen LogP contribution in [0.15, 0.2) is 48.8 Å². The number of anilines is 2. The third-order valence-electron chi connectivity index (χ3n) is 12.7. The fraction of sp³-hybridized carbons (Fsp3) is 0.511. The number of piperidine rings is 1. The molecule has 3 aromatic rings. The summed E-state index contributed by atoms with van der Waals surface area (Å²) in [5.41, 5.74) is 2.99. The zero-order chi connectivity index (χ0) is 43.3. The number of rotatable bonds is 18. The number of nitrogens with zero attached hydrogens (tertiary/aromatic N) is 5. The van der Waals surface area contributed by atoms with Crippen LogP contribution < -0.4 is 30.9 Å². The van der Waals surface area contributed by atoms with E-state index in [1.165, 1.54) is 11.2 Å². The number of carbonyl (C=O) groups is 6. The molecule has 0 bridgehead atoms. The molecule has 62 heavy (non-hydrogen) atoms. The van der Waals surface area contributed by atoms with Crippen LogP contribution in [0.5, 0.6) is 5.75 Å². The average Bonchev–Trinajstić information content (AvgIpc) is 3.99. The van der Waals surface area contributed by atoms with Gasteiger partial charge in [0.15, 0.2) is 6.61 Å². The number of hydrogen-bond donors (Lipinski definition) is 4. The van der Waals surface area contributed by atoms with Crippen molar-refractivity contribution in [2.75, 3.05) is 49.5 Å². The quantitative estimate of drug-likeness (QED) is 0.107. The van der Waals surface area contributed by atoms with E-state index in [-0.39, 0.29) is 79.4 Å². The van der Waals surface area contributed by atoms with Gasteiger partial charge in [-0.25, -0.2) is 9.97 Å². The standard InChI is InChI=1S/C45H54ClN9O7/c1-27-21-38(57)51-41-40(27)42(50-26-49-41)53-19-20-54(35-22-34(35)53)45(61)31(28-11-13-29(46)14-12-28)23-47-17-6-4-2-3-5-7-18-48-39(58)25-62-36-10-8-9-30-32(36)24-55(44(30)60)33-15-16-37(56)52-43(33)59/h8-14,26-27,31,33-35,47H,2-7,15-25H2,1H3,(H,48,58)(H,52,56,59)(H,49,50,51,57)/t27-,31-,33?,34+,35-/m1/s1. The van der Waals surface area contributed by atoms with Crippen LogP contribution in [0.2, 0.25) is 5.02 Å². The van der Waals surface area contributed by atoms with Crippen LogP contribution in [-0.4, -0.2) is 113 Å². The van der Waals surface area contributed by atoms with Crippen LogP contribution >= 0.6 is 11.6 Å². The van der Waals surface area contributed by atoms with Gasteiger partial charge in [0.1, 0.15) is 29.8 Å². The van der Waals surface area contributed by atoms with Gasteiger partial charge in [-0.2, -0.15) is 0 Å². The largest absolute Gasteiger partial charge is 0.483 e. The number of benzene rings is 2. The maximum Gasteiger partial charge on any atom is 0.257 e. The molecule has 4 aliphatic heterocycles. The predicted molar refractivity (Wildman–Crippen MR) is 231 cm³/mol. The number of unbranched alkanes of at least 4 members (excludes halogenated alkanes) is 5. The van der Waals surface area contributed by atoms with E-state index in [4.69, 9.17) is 16.3 Å². The van der Waals surface area contributed by atoms with Gasteiger partial charge in [-0.3, -0.25) is 34.1 Å². The Kier molecular flexibility index (Phi) is 13.3. The molecular weight excluding hydrogens is 814 g/mol. The van der Waals surface area contributed by atoms with Crippen LogP contribution in [0, 0.1) is 0 Å². The molecular formula is C45H54ClN9O7. The van der Waals surface area contributed by atoms with Gasteiger partial charge in [-0.05, 0) is 68.0 Å². The van der Waals surface area contributed by atoms with Crippen molar-refractivity contribution >= 4 is 58.7 Å². The van der Waals surface area contributed by atoms with E-state index < -0.39 is 11.9 Å². The molecule has 0 spiro atoms. The summed E-state index contributed by atoms with van der Waals surface area (Å²) >= 11 is 6.23. The number of imide groups is 1. The highest BCUT2D eigenvalue weighted by Gasteiger charge is 2.53. The van der Waals surface area contributed by atoms with Gasteiger partial charge in [-0.15, -0.1) is 0 Å². The number of hydrogen-bond acceptors (Lipinski definition) is 11. The zero-order valence-corrected chi connectivity index (χ0v) is 35.8. The van der Waals surface area contributed by atoms with E-state index in [1.54, 1.807) is 18.2 Å². The predicted octanol–water partition coefficient (Wildman–Crippen LogP) is 4.04. The smallest absolute Gasteiger partial charge is 0.257 e. The molecule has 5 aliphatic rings. The third kappa shape index (κ3) is 9.55. The first-order chi connectivity index (χ1) is 30.1. The SMILES string of the molecule is C[C@@H]1CC(=O)Nc2ncnc(N3CCN(C(=O)[C@H](CNCCCCCCCCNC(=O)COc4cccc5c4CN(C4CCC(=O)NC4=O)C5=O)c4ccc(Cl)cc4)[C@@H]4C[C@@H]43)c21. The number of fused-ring (bicyclic) bond motifs is 3. The molecule has 0 radical (unpaired) electrons. The first-order valence-electron chi connectivity index (χ1n) is 21.9. The summed E-state index contributed by atoms with van der Waals surface area (Å²) in [5.74, 6) is 0.300. The van der Waals surface area contributed by atoms with Crippen molar-refractivity contribution in [3.05, 3.63) is 76.1 Å². The molecule has 5 atom stereocenters. The van der Waals surface area contributed by atoms with Crippen LogP contribution in [0.4, 0.5) is 11.6 Å². The minimum Gasteiger partial charge on any atom is -0.483 e. The zero-order valence-electron chi connectivity index (χ0n) is 35.0. The molecule has 17 heteroatoms. The third-order valence-corrected chi connectivity index (χ3v) is 12.9. The van der Waals surface area contributed by atoms with Gasteiger partial charge < -0.3 is 35.4 Å². The average molecular weight is 868 g/mol. The first kappa shape index (κ1) is 43.1. The molecule has 2 aromatic carbocycles. The molecule has 3 fully saturated rings. The van der Waals surface area contributed by atoms with Gasteiger partial charge in [-0.1, -0.05) is 62.4 Å². The molecule has 1 aliphatic carbocycles. The fourth-order valence-corrected chi connectivity index (χ4v) is 9.47. The Bertz CT molecular complexity index is 2210. The van der Waals surface area contributed by atoms with Gasteiger partial charge in [0, 0.05) is 60.7 Å². The first-order valence-corrected chi connectivity index (χ1v) is 22.3. The highest BCUT2D eigenvalue weighted by Crippen LogP contribution is 2.44. The summed E-state index contributed by atoms with van der Waals surface area (Å²) in [6.45, 7) is 5.15. The highest BCUT2D eigenvalue weighted by molar-refractivity contribution is 6.30. The Morgan fingerprint density at radius 3 is 2.47 bits per heavy atom. The second-order valence-electron chi connectivity index (χ2n) is 17.0. The van der Waals surface area contributed by atoms with Crippen molar-refractivity contribution in [2.45, 2.75) is 108 Å². The van der Waals surface area contributed by atoms with Crippen LogP contribution in [-0.2, 0) is 30.5 Å². The normalized spacial score (nSPS) is 22.0. The molecule has 5 heterocycles. The molecule has 1 saturated carbocycles. The topological polar surface area (TPSA) is 195 Å². The number of piperazine rings is 1. The minimum atomic E-state index is -0.719. The van der Waals surface area contributed by atoms with Crippen molar-refractivity contribution in [1.29, 1.82) is 0 Å². The van der Waals surface area contributed by atoms with Crippen molar-refractivity contribution in [3.63, 3.8) is 0 Å². The lowest BCUT2D eigenvalue weighted by atomic mass is 9.94. The van der Waals surface area contributed by atoms with Crippen LogP contribution in [0.25, 0.3) is 0 Å². The molecule has 6 amide bonds. The molecule has 16 nitrogen and oxygen atoms in total. The Morgan fingerprint density at radius 2 is 1.68 bits per heavy atom. The summed E-state index contributed by atoms with van der Waals surface area (Å²) in [5, 5.41) is 12.3. The van der Waals surface area contributed by atoms with Crippen LogP contribution in [0.1, 0.15) is 110 Å². The second kappa shape index (κ2) is 19.2. The lowest BCUT2D eigenvalue weighted by Crippen LogP contribution is -2.52. The molecule has 8 rings (SSSR count). The Hall–Kier alpha value is -5.61. The number of halogens is 1. The van der Waals surface area contributed by atoms with E-state index in [0.717, 1.165) is 68.4 Å². The summed E-state index contributed by atoms with van der Waals surface area (Å²) < 4.78 is 5.82. The van der Waals surface area contributed by atoms with Gasteiger partial charge in [0.2, 0.25) is 23.6 Å². The van der Waals surface area contributed by atoms with E-state index >= 15 is 0 Å².